The van der Waals surface area contributed by atoms with Crippen LogP contribution in [0.1, 0.15) is 0 Å². The third-order valence-corrected chi connectivity index (χ3v) is 1.83. The van der Waals surface area contributed by atoms with Gasteiger partial charge in [0.1, 0.15) is 11.6 Å². The molecule has 0 saturated carbocycles. The van der Waals surface area contributed by atoms with Gasteiger partial charge in [-0.05, 0) is 24.3 Å². The Morgan fingerprint density at radius 3 is 2.54 bits per heavy atom. The van der Waals surface area contributed by atoms with Crippen molar-refractivity contribution in [2.75, 3.05) is 7.11 Å². The van der Waals surface area contributed by atoms with Crippen molar-refractivity contribution in [2.24, 2.45) is 0 Å². The van der Waals surface area contributed by atoms with Crippen LogP contribution in [0.5, 0.6) is 5.75 Å². The lowest BCUT2D eigenvalue weighted by molar-refractivity contribution is 0.413. The Morgan fingerprint density at radius 2 is 2.00 bits per heavy atom. The molecule has 0 fully saturated rings. The Balaban J connectivity index is 2.33. The minimum absolute atomic E-state index is 0.774. The molecule has 0 aliphatic heterocycles. The Morgan fingerprint density at radius 1 is 1.23 bits per heavy atom. The fraction of sp³-hybridized carbons (Fsp3) is 0.100. The van der Waals surface area contributed by atoms with Crippen LogP contribution in [0, 0.1) is 0 Å². The molecule has 0 N–H and O–H groups in total. The summed E-state index contributed by atoms with van der Waals surface area (Å²) in [5.41, 5.74) is 0. The van der Waals surface area contributed by atoms with Gasteiger partial charge in [0.05, 0.1) is 13.3 Å². The van der Waals surface area contributed by atoms with Crippen molar-refractivity contribution >= 4 is 0 Å². The van der Waals surface area contributed by atoms with E-state index in [0.29, 0.717) is 0 Å². The average molecular weight is 174 g/mol. The van der Waals surface area contributed by atoms with Crippen molar-refractivity contribution in [1.29, 1.82) is 0 Å². The summed E-state index contributed by atoms with van der Waals surface area (Å²) in [5, 5.41) is 0. The van der Waals surface area contributed by atoms with E-state index in [2.05, 4.69) is 4.98 Å². The molecule has 0 aliphatic carbocycles. The molecule has 0 bridgehead atoms. The summed E-state index contributed by atoms with van der Waals surface area (Å²) in [7, 11) is 1.63. The number of ether oxygens (including phenoxy) is 1. The van der Waals surface area contributed by atoms with Crippen LogP contribution in [0.25, 0.3) is 5.82 Å². The molecule has 2 rings (SSSR count). The predicted molar refractivity (Wildman–Crippen MR) is 50.1 cm³/mol. The SMILES string of the molecule is COc1ccc(-n2cccc2)nc1. The lowest BCUT2D eigenvalue weighted by Gasteiger charge is -2.02. The van der Waals surface area contributed by atoms with E-state index in [1.807, 2.05) is 41.2 Å². The zero-order valence-corrected chi connectivity index (χ0v) is 7.34. The molecule has 66 valence electrons. The topological polar surface area (TPSA) is 27.1 Å². The zero-order chi connectivity index (χ0) is 9.10. The van der Waals surface area contributed by atoms with Gasteiger partial charge in [-0.1, -0.05) is 0 Å². The molecular weight excluding hydrogens is 164 g/mol. The molecule has 2 aromatic heterocycles. The van der Waals surface area contributed by atoms with Crippen LogP contribution in [0.15, 0.2) is 42.9 Å². The monoisotopic (exact) mass is 174 g/mol. The molecular formula is C10H10N2O. The summed E-state index contributed by atoms with van der Waals surface area (Å²) in [6.45, 7) is 0. The van der Waals surface area contributed by atoms with Gasteiger partial charge in [0.25, 0.3) is 0 Å². The summed E-state index contributed by atoms with van der Waals surface area (Å²) in [6.07, 6.45) is 5.61. The van der Waals surface area contributed by atoms with Gasteiger partial charge >= 0.3 is 0 Å². The van der Waals surface area contributed by atoms with Crippen molar-refractivity contribution in [3.63, 3.8) is 0 Å². The Hall–Kier alpha value is -1.77. The van der Waals surface area contributed by atoms with Gasteiger partial charge in [0, 0.05) is 12.4 Å². The van der Waals surface area contributed by atoms with Crippen molar-refractivity contribution in [3.05, 3.63) is 42.9 Å². The fourth-order valence-electron chi connectivity index (χ4n) is 1.13. The first kappa shape index (κ1) is 7.86. The summed E-state index contributed by atoms with van der Waals surface area (Å²) in [5.74, 6) is 1.67. The highest BCUT2D eigenvalue weighted by atomic mass is 16.5. The Bertz CT molecular complexity index is 364. The van der Waals surface area contributed by atoms with Gasteiger partial charge in [0.15, 0.2) is 0 Å². The number of hydrogen-bond donors (Lipinski definition) is 0. The largest absolute Gasteiger partial charge is 0.495 e. The minimum atomic E-state index is 0.774. The highest BCUT2D eigenvalue weighted by molar-refractivity contribution is 5.29. The molecule has 0 spiro atoms. The quantitative estimate of drug-likeness (QED) is 0.695. The van der Waals surface area contributed by atoms with E-state index in [1.54, 1.807) is 13.3 Å². The van der Waals surface area contributed by atoms with Gasteiger partial charge in [-0.2, -0.15) is 0 Å². The van der Waals surface area contributed by atoms with Crippen LogP contribution < -0.4 is 4.74 Å². The molecule has 0 aromatic carbocycles. The maximum Gasteiger partial charge on any atom is 0.137 e. The smallest absolute Gasteiger partial charge is 0.137 e. The Labute approximate surface area is 76.6 Å². The molecule has 3 heteroatoms. The van der Waals surface area contributed by atoms with Gasteiger partial charge in [-0.15, -0.1) is 0 Å². The van der Waals surface area contributed by atoms with E-state index in [4.69, 9.17) is 4.74 Å². The lowest BCUT2D eigenvalue weighted by atomic mass is 10.4. The minimum Gasteiger partial charge on any atom is -0.495 e. The maximum absolute atomic E-state index is 5.01. The number of methoxy groups -OCH3 is 1. The number of hydrogen-bond acceptors (Lipinski definition) is 2. The van der Waals surface area contributed by atoms with Crippen molar-refractivity contribution in [1.82, 2.24) is 9.55 Å². The van der Waals surface area contributed by atoms with E-state index in [0.717, 1.165) is 11.6 Å². The zero-order valence-electron chi connectivity index (χ0n) is 7.34. The first-order chi connectivity index (χ1) is 6.40. The summed E-state index contributed by atoms with van der Waals surface area (Å²) in [4.78, 5) is 4.23. The molecule has 0 unspecified atom stereocenters. The van der Waals surface area contributed by atoms with E-state index >= 15 is 0 Å². The molecule has 0 aliphatic rings. The van der Waals surface area contributed by atoms with Crippen molar-refractivity contribution in [3.8, 4) is 11.6 Å². The third-order valence-electron chi connectivity index (χ3n) is 1.83. The molecule has 2 heterocycles. The van der Waals surface area contributed by atoms with E-state index in [-0.39, 0.29) is 0 Å². The second kappa shape index (κ2) is 3.31. The maximum atomic E-state index is 5.01. The summed E-state index contributed by atoms with van der Waals surface area (Å²) >= 11 is 0. The second-order valence-corrected chi connectivity index (χ2v) is 2.65. The van der Waals surface area contributed by atoms with Crippen molar-refractivity contribution in [2.45, 2.75) is 0 Å². The van der Waals surface area contributed by atoms with Crippen LogP contribution in [0.4, 0.5) is 0 Å². The molecule has 0 radical (unpaired) electrons. The Kier molecular flexibility index (Phi) is 2.00. The second-order valence-electron chi connectivity index (χ2n) is 2.65. The normalized spacial score (nSPS) is 9.92. The predicted octanol–water partition coefficient (Wildman–Crippen LogP) is 1.88. The molecule has 13 heavy (non-hydrogen) atoms. The molecule has 2 aromatic rings. The van der Waals surface area contributed by atoms with E-state index < -0.39 is 0 Å². The van der Waals surface area contributed by atoms with Gasteiger partial charge in [0.2, 0.25) is 0 Å². The average Bonchev–Trinajstić information content (AvgIpc) is 2.71. The van der Waals surface area contributed by atoms with Crippen LogP contribution in [-0.2, 0) is 0 Å². The highest BCUT2D eigenvalue weighted by Crippen LogP contribution is 2.10. The lowest BCUT2D eigenvalue weighted by Crippen LogP contribution is -1.93. The van der Waals surface area contributed by atoms with Crippen molar-refractivity contribution < 1.29 is 4.74 Å². The molecule has 3 nitrogen and oxygen atoms in total. The van der Waals surface area contributed by atoms with Gasteiger partial charge in [-0.25, -0.2) is 4.98 Å². The first-order valence-corrected chi connectivity index (χ1v) is 4.03. The van der Waals surface area contributed by atoms with Crippen LogP contribution in [-0.4, -0.2) is 16.7 Å². The third kappa shape index (κ3) is 1.54. The summed E-state index contributed by atoms with van der Waals surface area (Å²) in [6, 6.07) is 7.74. The fourth-order valence-corrected chi connectivity index (χ4v) is 1.13. The number of aromatic nitrogens is 2. The first-order valence-electron chi connectivity index (χ1n) is 4.03. The molecule has 0 atom stereocenters. The summed E-state index contributed by atoms with van der Waals surface area (Å²) < 4.78 is 6.96. The van der Waals surface area contributed by atoms with E-state index in [9.17, 15) is 0 Å². The number of rotatable bonds is 2. The molecule has 0 saturated heterocycles. The highest BCUT2D eigenvalue weighted by Gasteiger charge is 1.95. The number of nitrogens with zero attached hydrogens (tertiary/aromatic N) is 2. The van der Waals surface area contributed by atoms with Crippen LogP contribution in [0.3, 0.4) is 0 Å². The van der Waals surface area contributed by atoms with Gasteiger partial charge < -0.3 is 9.30 Å². The number of pyridine rings is 1. The van der Waals surface area contributed by atoms with Crippen LogP contribution in [0.2, 0.25) is 0 Å². The van der Waals surface area contributed by atoms with E-state index in [1.165, 1.54) is 0 Å². The molecule has 0 amide bonds. The standard InChI is InChI=1S/C10H10N2O/c1-13-9-4-5-10(11-8-9)12-6-2-3-7-12/h2-8H,1H3. The van der Waals surface area contributed by atoms with Gasteiger partial charge in [-0.3, -0.25) is 0 Å². The van der Waals surface area contributed by atoms with Crippen LogP contribution >= 0.6 is 0 Å².